The molecule has 0 aliphatic heterocycles. The Balaban J connectivity index is 2.14. The van der Waals surface area contributed by atoms with Crippen molar-refractivity contribution in [2.75, 3.05) is 0 Å². The van der Waals surface area contributed by atoms with E-state index in [-0.39, 0.29) is 6.04 Å². The van der Waals surface area contributed by atoms with Crippen LogP contribution in [0.5, 0.6) is 0 Å². The minimum Gasteiger partial charge on any atom is -0.347 e. The van der Waals surface area contributed by atoms with Gasteiger partial charge in [0.05, 0.1) is 0 Å². The highest BCUT2D eigenvalue weighted by atomic mass is 19.2. The largest absolute Gasteiger partial charge is 0.347 e. The molecule has 2 nitrogen and oxygen atoms in total. The fourth-order valence-corrected chi connectivity index (χ4v) is 2.04. The van der Waals surface area contributed by atoms with Gasteiger partial charge in [-0.15, -0.1) is 0 Å². The molecule has 2 rings (SSSR count). The summed E-state index contributed by atoms with van der Waals surface area (Å²) in [5, 5.41) is 0. The third kappa shape index (κ3) is 3.41. The van der Waals surface area contributed by atoms with Crippen LogP contribution in [0, 0.1) is 11.6 Å². The maximum absolute atomic E-state index is 13.2. The van der Waals surface area contributed by atoms with Crippen LogP contribution in [0.25, 0.3) is 0 Å². The molecule has 1 atom stereocenters. The van der Waals surface area contributed by atoms with E-state index in [1.165, 1.54) is 6.07 Å². The highest BCUT2D eigenvalue weighted by Gasteiger charge is 2.08. The van der Waals surface area contributed by atoms with Gasteiger partial charge in [-0.1, -0.05) is 13.0 Å². The highest BCUT2D eigenvalue weighted by Crippen LogP contribution is 2.13. The van der Waals surface area contributed by atoms with Crippen molar-refractivity contribution < 1.29 is 8.78 Å². The molecule has 0 fully saturated rings. The zero-order valence-corrected chi connectivity index (χ0v) is 10.9. The second kappa shape index (κ2) is 5.97. The lowest BCUT2D eigenvalue weighted by atomic mass is 10.1. The van der Waals surface area contributed by atoms with E-state index in [0.29, 0.717) is 6.54 Å². The number of halogens is 2. The second-order valence-electron chi connectivity index (χ2n) is 4.75. The van der Waals surface area contributed by atoms with Gasteiger partial charge in [-0.25, -0.2) is 8.78 Å². The normalized spacial score (nSPS) is 12.6. The van der Waals surface area contributed by atoms with Crippen LogP contribution in [0.1, 0.15) is 24.6 Å². The molecule has 2 N–H and O–H groups in total. The van der Waals surface area contributed by atoms with Gasteiger partial charge in [0.25, 0.3) is 0 Å². The number of nitrogens with two attached hydrogens (primary N) is 1. The fourth-order valence-electron chi connectivity index (χ4n) is 2.04. The molecule has 1 aromatic heterocycles. The minimum absolute atomic E-state index is 0.124. The summed E-state index contributed by atoms with van der Waals surface area (Å²) in [4.78, 5) is 0. The van der Waals surface area contributed by atoms with E-state index in [1.807, 2.05) is 29.8 Å². The van der Waals surface area contributed by atoms with E-state index >= 15 is 0 Å². The topological polar surface area (TPSA) is 30.9 Å². The smallest absolute Gasteiger partial charge is 0.159 e. The van der Waals surface area contributed by atoms with Gasteiger partial charge >= 0.3 is 0 Å². The van der Waals surface area contributed by atoms with Crippen LogP contribution in [0.4, 0.5) is 8.78 Å². The first kappa shape index (κ1) is 13.7. The number of aromatic nitrogens is 1. The van der Waals surface area contributed by atoms with Gasteiger partial charge in [0.1, 0.15) is 0 Å². The number of nitrogens with zero attached hydrogens (tertiary/aromatic N) is 1. The Hall–Kier alpha value is -1.68. The molecule has 4 heteroatoms. The first-order valence-electron chi connectivity index (χ1n) is 6.43. The number of hydrogen-bond donors (Lipinski definition) is 1. The molecule has 0 aliphatic rings. The summed E-state index contributed by atoms with van der Waals surface area (Å²) in [5.41, 5.74) is 7.80. The number of rotatable bonds is 5. The van der Waals surface area contributed by atoms with E-state index in [1.54, 1.807) is 6.07 Å². The monoisotopic (exact) mass is 264 g/mol. The Morgan fingerprint density at radius 2 is 2.00 bits per heavy atom. The third-order valence-corrected chi connectivity index (χ3v) is 3.26. The predicted octanol–water partition coefficient (Wildman–Crippen LogP) is 3.09. The molecule has 2 aromatic rings. The van der Waals surface area contributed by atoms with E-state index in [9.17, 15) is 8.78 Å². The van der Waals surface area contributed by atoms with Crippen LogP contribution in [-0.2, 0) is 13.0 Å². The molecule has 0 spiro atoms. The van der Waals surface area contributed by atoms with Crippen LogP contribution in [-0.4, -0.2) is 10.6 Å². The van der Waals surface area contributed by atoms with Gasteiger partial charge in [0, 0.05) is 30.9 Å². The Bertz CT molecular complexity index is 549. The standard InChI is InChI=1S/C15H18F2N2/c1-2-12(18)9-13-4-3-7-19(13)10-11-5-6-14(16)15(17)8-11/h3-8,12H,2,9-10,18H2,1H3. The molecule has 0 saturated carbocycles. The van der Waals surface area contributed by atoms with Crippen LogP contribution in [0.3, 0.4) is 0 Å². The quantitative estimate of drug-likeness (QED) is 0.884. The number of hydrogen-bond acceptors (Lipinski definition) is 1. The molecule has 0 amide bonds. The van der Waals surface area contributed by atoms with Crippen molar-refractivity contribution in [3.05, 3.63) is 59.4 Å². The maximum Gasteiger partial charge on any atom is 0.159 e. The first-order chi connectivity index (χ1) is 9.10. The first-order valence-corrected chi connectivity index (χ1v) is 6.43. The van der Waals surface area contributed by atoms with Crippen molar-refractivity contribution in [2.45, 2.75) is 32.4 Å². The van der Waals surface area contributed by atoms with Crippen molar-refractivity contribution in [1.82, 2.24) is 4.57 Å². The molecule has 0 radical (unpaired) electrons. The molecular formula is C15H18F2N2. The SMILES string of the molecule is CCC(N)Cc1cccn1Cc1ccc(F)c(F)c1. The lowest BCUT2D eigenvalue weighted by Crippen LogP contribution is -2.23. The average Bonchev–Trinajstić information content (AvgIpc) is 2.81. The summed E-state index contributed by atoms with van der Waals surface area (Å²) in [7, 11) is 0. The molecule has 0 bridgehead atoms. The van der Waals surface area contributed by atoms with E-state index in [2.05, 4.69) is 0 Å². The van der Waals surface area contributed by atoms with E-state index in [4.69, 9.17) is 5.73 Å². The molecule has 0 saturated heterocycles. The zero-order valence-electron chi connectivity index (χ0n) is 10.9. The zero-order chi connectivity index (χ0) is 13.8. The summed E-state index contributed by atoms with van der Waals surface area (Å²) in [6, 6.07) is 8.07. The lowest BCUT2D eigenvalue weighted by molar-refractivity contribution is 0.506. The van der Waals surface area contributed by atoms with Gasteiger partial charge in [-0.05, 0) is 36.2 Å². The lowest BCUT2D eigenvalue weighted by Gasteiger charge is -2.13. The van der Waals surface area contributed by atoms with Gasteiger partial charge in [-0.3, -0.25) is 0 Å². The fraction of sp³-hybridized carbons (Fsp3) is 0.333. The van der Waals surface area contributed by atoms with Crippen molar-refractivity contribution in [3.8, 4) is 0 Å². The van der Waals surface area contributed by atoms with Gasteiger partial charge < -0.3 is 10.3 Å². The summed E-state index contributed by atoms with van der Waals surface area (Å²) < 4.78 is 28.1. The van der Waals surface area contributed by atoms with Crippen molar-refractivity contribution in [1.29, 1.82) is 0 Å². The Morgan fingerprint density at radius 3 is 2.68 bits per heavy atom. The molecule has 19 heavy (non-hydrogen) atoms. The Kier molecular flexibility index (Phi) is 4.32. The van der Waals surface area contributed by atoms with Crippen LogP contribution >= 0.6 is 0 Å². The predicted molar refractivity (Wildman–Crippen MR) is 71.9 cm³/mol. The summed E-state index contributed by atoms with van der Waals surface area (Å²) >= 11 is 0. The second-order valence-corrected chi connectivity index (χ2v) is 4.75. The van der Waals surface area contributed by atoms with E-state index < -0.39 is 11.6 Å². The van der Waals surface area contributed by atoms with Crippen LogP contribution < -0.4 is 5.73 Å². The van der Waals surface area contributed by atoms with E-state index in [0.717, 1.165) is 30.2 Å². The molecule has 1 aromatic carbocycles. The third-order valence-electron chi connectivity index (χ3n) is 3.26. The van der Waals surface area contributed by atoms with Gasteiger partial charge in [-0.2, -0.15) is 0 Å². The molecular weight excluding hydrogens is 246 g/mol. The molecule has 0 aliphatic carbocycles. The van der Waals surface area contributed by atoms with Gasteiger partial charge in [0.15, 0.2) is 11.6 Å². The highest BCUT2D eigenvalue weighted by molar-refractivity contribution is 5.20. The summed E-state index contributed by atoms with van der Waals surface area (Å²) in [6.07, 6.45) is 3.63. The molecule has 102 valence electrons. The van der Waals surface area contributed by atoms with Crippen molar-refractivity contribution in [2.24, 2.45) is 5.73 Å². The van der Waals surface area contributed by atoms with Crippen LogP contribution in [0.2, 0.25) is 0 Å². The Labute approximate surface area is 111 Å². The van der Waals surface area contributed by atoms with Gasteiger partial charge in [0.2, 0.25) is 0 Å². The minimum atomic E-state index is -0.815. The summed E-state index contributed by atoms with van der Waals surface area (Å²) in [6.45, 7) is 2.57. The van der Waals surface area contributed by atoms with Crippen LogP contribution in [0.15, 0.2) is 36.5 Å². The maximum atomic E-state index is 13.2. The number of benzene rings is 1. The van der Waals surface area contributed by atoms with Crippen molar-refractivity contribution in [3.63, 3.8) is 0 Å². The average molecular weight is 264 g/mol. The van der Waals surface area contributed by atoms with Crippen molar-refractivity contribution >= 4 is 0 Å². The molecule has 1 heterocycles. The Morgan fingerprint density at radius 1 is 1.21 bits per heavy atom. The molecule has 1 unspecified atom stereocenters. The summed E-state index contributed by atoms with van der Waals surface area (Å²) in [5.74, 6) is -1.62.